The topological polar surface area (TPSA) is 46.3 Å². The predicted octanol–water partition coefficient (Wildman–Crippen LogP) is 2.72. The lowest BCUT2D eigenvalue weighted by Gasteiger charge is -2.45. The number of nitrogens with zero attached hydrogens (tertiary/aromatic N) is 1. The number of piperidine rings is 1. The molecule has 1 heterocycles. The van der Waals surface area contributed by atoms with Gasteiger partial charge in [-0.15, -0.1) is 0 Å². The summed E-state index contributed by atoms with van der Waals surface area (Å²) in [4.78, 5) is 14.4. The molecular formula is C15H21BrN2O. The first-order chi connectivity index (χ1) is 8.88. The van der Waals surface area contributed by atoms with Crippen molar-refractivity contribution in [3.05, 3.63) is 34.3 Å². The van der Waals surface area contributed by atoms with Crippen LogP contribution in [0.3, 0.4) is 0 Å². The van der Waals surface area contributed by atoms with Gasteiger partial charge in [-0.2, -0.15) is 0 Å². The first-order valence-corrected chi connectivity index (χ1v) is 7.48. The number of hydrogen-bond acceptors (Lipinski definition) is 2. The molecule has 0 saturated carbocycles. The van der Waals surface area contributed by atoms with Crippen molar-refractivity contribution < 1.29 is 4.79 Å². The zero-order valence-corrected chi connectivity index (χ0v) is 13.1. The maximum atomic E-state index is 12.5. The number of carbonyl (C=O) groups is 1. The fourth-order valence-corrected chi connectivity index (χ4v) is 3.05. The van der Waals surface area contributed by atoms with Gasteiger partial charge in [0.1, 0.15) is 0 Å². The Labute approximate surface area is 123 Å². The molecule has 1 aliphatic rings. The molecule has 4 heteroatoms. The highest BCUT2D eigenvalue weighted by atomic mass is 79.9. The van der Waals surface area contributed by atoms with E-state index >= 15 is 0 Å². The largest absolute Gasteiger partial charge is 0.336 e. The van der Waals surface area contributed by atoms with Gasteiger partial charge in [-0.3, -0.25) is 4.79 Å². The highest BCUT2D eigenvalue weighted by Crippen LogP contribution is 2.27. The second-order valence-corrected chi connectivity index (χ2v) is 6.84. The average Bonchev–Trinajstić information content (AvgIpc) is 2.32. The Kier molecular flexibility index (Phi) is 4.31. The Balaban J connectivity index is 2.10. The van der Waals surface area contributed by atoms with Crippen LogP contribution in [0.25, 0.3) is 0 Å². The minimum atomic E-state index is -0.0844. The molecule has 0 aliphatic carbocycles. The summed E-state index contributed by atoms with van der Waals surface area (Å²) in [5, 5.41) is 0. The van der Waals surface area contributed by atoms with Crippen LogP contribution in [0.2, 0.25) is 0 Å². The third-order valence-electron chi connectivity index (χ3n) is 3.82. The Bertz CT molecular complexity index is 473. The van der Waals surface area contributed by atoms with Gasteiger partial charge in [-0.1, -0.05) is 28.1 Å². The zero-order chi connectivity index (χ0) is 14.0. The van der Waals surface area contributed by atoms with E-state index in [0.29, 0.717) is 13.0 Å². The van der Waals surface area contributed by atoms with Crippen molar-refractivity contribution in [2.45, 2.75) is 44.7 Å². The molecule has 19 heavy (non-hydrogen) atoms. The molecule has 2 rings (SSSR count). The quantitative estimate of drug-likeness (QED) is 0.909. The summed E-state index contributed by atoms with van der Waals surface area (Å²) in [6, 6.07) is 8.02. The van der Waals surface area contributed by atoms with Crippen LogP contribution in [0.1, 0.15) is 32.3 Å². The van der Waals surface area contributed by atoms with Gasteiger partial charge >= 0.3 is 0 Å². The Morgan fingerprint density at radius 2 is 2.26 bits per heavy atom. The van der Waals surface area contributed by atoms with E-state index in [0.717, 1.165) is 22.9 Å². The molecule has 1 atom stereocenters. The molecule has 0 spiro atoms. The van der Waals surface area contributed by atoms with Gasteiger partial charge in [-0.05, 0) is 44.4 Å². The Morgan fingerprint density at radius 1 is 1.53 bits per heavy atom. The van der Waals surface area contributed by atoms with E-state index in [1.54, 1.807) is 0 Å². The smallest absolute Gasteiger partial charge is 0.227 e. The van der Waals surface area contributed by atoms with E-state index in [-0.39, 0.29) is 17.5 Å². The van der Waals surface area contributed by atoms with Crippen molar-refractivity contribution in [1.82, 2.24) is 4.90 Å². The average molecular weight is 325 g/mol. The molecule has 1 saturated heterocycles. The summed E-state index contributed by atoms with van der Waals surface area (Å²) in [7, 11) is 0. The number of hydrogen-bond donors (Lipinski definition) is 1. The fraction of sp³-hybridized carbons (Fsp3) is 0.533. The van der Waals surface area contributed by atoms with E-state index < -0.39 is 0 Å². The van der Waals surface area contributed by atoms with E-state index in [4.69, 9.17) is 5.73 Å². The van der Waals surface area contributed by atoms with Gasteiger partial charge in [0.05, 0.1) is 6.42 Å². The van der Waals surface area contributed by atoms with Crippen LogP contribution < -0.4 is 5.73 Å². The molecule has 2 N–H and O–H groups in total. The second-order valence-electron chi connectivity index (χ2n) is 5.92. The molecule has 0 bridgehead atoms. The lowest BCUT2D eigenvalue weighted by atomic mass is 9.88. The normalized spacial score (nSPS) is 22.3. The summed E-state index contributed by atoms with van der Waals surface area (Å²) in [6.07, 6.45) is 2.40. The van der Waals surface area contributed by atoms with Crippen molar-refractivity contribution in [3.63, 3.8) is 0 Å². The minimum Gasteiger partial charge on any atom is -0.336 e. The van der Waals surface area contributed by atoms with Crippen LogP contribution in [-0.2, 0) is 11.2 Å². The van der Waals surface area contributed by atoms with Crippen LogP contribution in [0, 0.1) is 0 Å². The lowest BCUT2D eigenvalue weighted by Crippen LogP contribution is -2.57. The summed E-state index contributed by atoms with van der Waals surface area (Å²) >= 11 is 3.44. The fourth-order valence-electron chi connectivity index (χ4n) is 2.60. The number of benzene rings is 1. The maximum absolute atomic E-state index is 12.5. The molecule has 1 fully saturated rings. The standard InChI is InChI=1S/C15H21BrN2O/c1-15(2)7-6-13(17)10-18(15)14(19)9-11-4-3-5-12(16)8-11/h3-5,8,13H,6-7,9-10,17H2,1-2H3. The number of nitrogens with two attached hydrogens (primary N) is 1. The molecule has 1 aromatic rings. The highest BCUT2D eigenvalue weighted by molar-refractivity contribution is 9.10. The monoisotopic (exact) mass is 324 g/mol. The summed E-state index contributed by atoms with van der Waals surface area (Å²) < 4.78 is 1.01. The van der Waals surface area contributed by atoms with Crippen molar-refractivity contribution in [2.75, 3.05) is 6.54 Å². The van der Waals surface area contributed by atoms with Crippen LogP contribution in [-0.4, -0.2) is 28.9 Å². The molecule has 3 nitrogen and oxygen atoms in total. The number of carbonyl (C=O) groups excluding carboxylic acids is 1. The first-order valence-electron chi connectivity index (χ1n) is 6.69. The van der Waals surface area contributed by atoms with E-state index in [1.807, 2.05) is 29.2 Å². The highest BCUT2D eigenvalue weighted by Gasteiger charge is 2.35. The first kappa shape index (κ1) is 14.5. The molecule has 1 unspecified atom stereocenters. The molecule has 0 radical (unpaired) electrons. The van der Waals surface area contributed by atoms with Gasteiger partial charge in [0.25, 0.3) is 0 Å². The third-order valence-corrected chi connectivity index (χ3v) is 4.31. The van der Waals surface area contributed by atoms with Gasteiger partial charge in [0, 0.05) is 22.6 Å². The predicted molar refractivity (Wildman–Crippen MR) is 80.8 cm³/mol. The van der Waals surface area contributed by atoms with Crippen molar-refractivity contribution in [3.8, 4) is 0 Å². The molecule has 1 amide bonds. The van der Waals surface area contributed by atoms with E-state index in [1.165, 1.54) is 0 Å². The molecule has 1 aromatic carbocycles. The summed E-state index contributed by atoms with van der Waals surface area (Å²) in [5.41, 5.74) is 6.95. The molecule has 104 valence electrons. The lowest BCUT2D eigenvalue weighted by molar-refractivity contribution is -0.138. The number of likely N-dealkylation sites (tertiary alicyclic amines) is 1. The van der Waals surface area contributed by atoms with Crippen molar-refractivity contribution in [1.29, 1.82) is 0 Å². The summed E-state index contributed by atoms with van der Waals surface area (Å²) in [5.74, 6) is 0.165. The minimum absolute atomic E-state index is 0.0844. The number of rotatable bonds is 2. The Morgan fingerprint density at radius 3 is 2.95 bits per heavy atom. The molecular weight excluding hydrogens is 304 g/mol. The maximum Gasteiger partial charge on any atom is 0.227 e. The van der Waals surface area contributed by atoms with Crippen LogP contribution >= 0.6 is 15.9 Å². The van der Waals surface area contributed by atoms with Crippen molar-refractivity contribution >= 4 is 21.8 Å². The molecule has 1 aliphatic heterocycles. The van der Waals surface area contributed by atoms with E-state index in [2.05, 4.69) is 29.8 Å². The summed E-state index contributed by atoms with van der Waals surface area (Å²) in [6.45, 7) is 4.91. The van der Waals surface area contributed by atoms with Gasteiger partial charge in [0.2, 0.25) is 5.91 Å². The van der Waals surface area contributed by atoms with E-state index in [9.17, 15) is 4.79 Å². The second kappa shape index (κ2) is 5.63. The zero-order valence-electron chi connectivity index (χ0n) is 11.5. The Hall–Kier alpha value is -0.870. The van der Waals surface area contributed by atoms with Gasteiger partial charge in [-0.25, -0.2) is 0 Å². The van der Waals surface area contributed by atoms with Crippen LogP contribution in [0.5, 0.6) is 0 Å². The molecule has 0 aromatic heterocycles. The van der Waals surface area contributed by atoms with Gasteiger partial charge in [0.15, 0.2) is 0 Å². The third kappa shape index (κ3) is 3.57. The number of amides is 1. The van der Waals surface area contributed by atoms with Crippen LogP contribution in [0.15, 0.2) is 28.7 Å². The van der Waals surface area contributed by atoms with Crippen LogP contribution in [0.4, 0.5) is 0 Å². The SMILES string of the molecule is CC1(C)CCC(N)CN1C(=O)Cc1cccc(Br)c1. The number of halogens is 1. The van der Waals surface area contributed by atoms with Crippen molar-refractivity contribution in [2.24, 2.45) is 5.73 Å². The van der Waals surface area contributed by atoms with Gasteiger partial charge < -0.3 is 10.6 Å².